The third-order valence-electron chi connectivity index (χ3n) is 2.28. The van der Waals surface area contributed by atoms with Gasteiger partial charge in [0.05, 0.1) is 11.3 Å². The van der Waals surface area contributed by atoms with Gasteiger partial charge in [-0.15, -0.1) is 10.2 Å². The number of aromatic nitrogens is 4. The molecule has 1 aromatic rings. The smallest absolute Gasteiger partial charge is 0.159 e. The maximum Gasteiger partial charge on any atom is 0.184 e. The summed E-state index contributed by atoms with van der Waals surface area (Å²) in [5, 5.41) is 12.6. The van der Waals surface area contributed by atoms with E-state index in [4.69, 9.17) is 0 Å². The number of hydrogen-bond donors (Lipinski definition) is 0. The fourth-order valence-corrected chi connectivity index (χ4v) is 4.60. The van der Waals surface area contributed by atoms with Crippen molar-refractivity contribution in [1.82, 2.24) is 20.2 Å². The molecule has 98 valence electrons. The van der Waals surface area contributed by atoms with E-state index < -0.39 is 8.07 Å². The van der Waals surface area contributed by atoms with Gasteiger partial charge < -0.3 is 0 Å². The second-order valence-corrected chi connectivity index (χ2v) is 13.3. The third-order valence-corrected chi connectivity index (χ3v) is 5.35. The van der Waals surface area contributed by atoms with E-state index in [-0.39, 0.29) is 5.54 Å². The van der Waals surface area contributed by atoms with Gasteiger partial charge in [-0.05, 0) is 37.8 Å². The van der Waals surface area contributed by atoms with Crippen molar-refractivity contribution in [2.24, 2.45) is 0 Å². The topological polar surface area (TPSA) is 43.6 Å². The zero-order chi connectivity index (χ0) is 13.1. The molecule has 0 amide bonds. The second kappa shape index (κ2) is 5.52. The van der Waals surface area contributed by atoms with Crippen LogP contribution in [0.2, 0.25) is 25.7 Å². The van der Waals surface area contributed by atoms with Gasteiger partial charge in [0.2, 0.25) is 0 Å². The van der Waals surface area contributed by atoms with Gasteiger partial charge in [-0.2, -0.15) is 16.6 Å². The van der Waals surface area contributed by atoms with E-state index in [0.29, 0.717) is 0 Å². The summed E-state index contributed by atoms with van der Waals surface area (Å²) in [5.74, 6) is 2.93. The Hall–Kier alpha value is -0.363. The van der Waals surface area contributed by atoms with Crippen LogP contribution in [0.4, 0.5) is 0 Å². The highest BCUT2D eigenvalue weighted by Gasteiger charge is 2.17. The molecule has 1 aromatic heterocycles. The first-order valence-corrected chi connectivity index (χ1v) is 10.9. The van der Waals surface area contributed by atoms with Crippen molar-refractivity contribution < 1.29 is 0 Å². The molecule has 4 nitrogen and oxygen atoms in total. The zero-order valence-electron chi connectivity index (χ0n) is 11.8. The lowest BCUT2D eigenvalue weighted by molar-refractivity contribution is 0.305. The van der Waals surface area contributed by atoms with E-state index in [9.17, 15) is 0 Å². The fraction of sp³-hybridized carbons (Fsp3) is 0.909. The quantitative estimate of drug-likeness (QED) is 0.610. The largest absolute Gasteiger partial charge is 0.184 e. The maximum atomic E-state index is 4.40. The average molecular weight is 272 g/mol. The molecular formula is C11H24N4SSi. The minimum absolute atomic E-state index is 0.0752. The molecular weight excluding hydrogens is 248 g/mol. The van der Waals surface area contributed by atoms with Crippen LogP contribution in [-0.4, -0.2) is 34.0 Å². The first-order valence-electron chi connectivity index (χ1n) is 6.06. The Kier molecular flexibility index (Phi) is 4.77. The van der Waals surface area contributed by atoms with Gasteiger partial charge in [0.1, 0.15) is 0 Å². The molecule has 0 saturated carbocycles. The molecule has 0 saturated heterocycles. The number of nitrogens with zero attached hydrogens (tertiary/aromatic N) is 4. The molecule has 0 atom stereocenters. The molecule has 0 fully saturated rings. The molecule has 0 unspecified atom stereocenters. The summed E-state index contributed by atoms with van der Waals surface area (Å²) in [4.78, 5) is 1.70. The summed E-state index contributed by atoms with van der Waals surface area (Å²) in [6, 6.07) is 1.35. The van der Waals surface area contributed by atoms with Crippen LogP contribution in [0.3, 0.4) is 0 Å². The van der Waals surface area contributed by atoms with Crippen molar-refractivity contribution in [2.75, 3.05) is 5.75 Å². The Labute approximate surface area is 110 Å². The number of thioether (sulfide) groups is 1. The lowest BCUT2D eigenvalue weighted by Gasteiger charge is -2.15. The van der Waals surface area contributed by atoms with E-state index in [0.717, 1.165) is 11.6 Å². The van der Waals surface area contributed by atoms with Crippen LogP contribution in [0.25, 0.3) is 0 Å². The molecule has 0 aliphatic heterocycles. The molecule has 1 rings (SSSR count). The van der Waals surface area contributed by atoms with Gasteiger partial charge in [0, 0.05) is 8.07 Å². The summed E-state index contributed by atoms with van der Waals surface area (Å²) in [6.07, 6.45) is 0. The molecule has 6 heteroatoms. The van der Waals surface area contributed by atoms with E-state index in [1.165, 1.54) is 11.8 Å². The first kappa shape index (κ1) is 14.7. The minimum atomic E-state index is -0.903. The highest BCUT2D eigenvalue weighted by Crippen LogP contribution is 2.16. The lowest BCUT2D eigenvalue weighted by Crippen LogP contribution is -2.24. The molecule has 0 spiro atoms. The highest BCUT2D eigenvalue weighted by molar-refractivity contribution is 7.98. The Morgan fingerprint density at radius 3 is 2.35 bits per heavy atom. The molecule has 0 aliphatic rings. The summed E-state index contributed by atoms with van der Waals surface area (Å²) < 4.78 is 0. The standard InChI is InChI=1S/C11H24N4SSi/c1-11(2,3)15-13-10(12-14-15)9-16-7-8-17(4,5)6/h7-9H2,1-6H3. The Morgan fingerprint density at radius 1 is 1.24 bits per heavy atom. The van der Waals surface area contributed by atoms with Crippen LogP contribution in [0.15, 0.2) is 0 Å². The van der Waals surface area contributed by atoms with Crippen LogP contribution < -0.4 is 0 Å². The Balaban J connectivity index is 2.36. The van der Waals surface area contributed by atoms with Crippen LogP contribution in [0, 0.1) is 0 Å². The van der Waals surface area contributed by atoms with Crippen LogP contribution in [0.1, 0.15) is 26.6 Å². The molecule has 0 radical (unpaired) electrons. The molecule has 0 aromatic carbocycles. The normalized spacial score (nSPS) is 13.1. The van der Waals surface area contributed by atoms with E-state index in [2.05, 4.69) is 55.8 Å². The number of hydrogen-bond acceptors (Lipinski definition) is 4. The Morgan fingerprint density at radius 2 is 1.88 bits per heavy atom. The first-order chi connectivity index (χ1) is 7.68. The number of tetrazole rings is 1. The summed E-state index contributed by atoms with van der Waals surface area (Å²) >= 11 is 1.91. The Bertz CT molecular complexity index is 351. The SMILES string of the molecule is CC(C)(C)n1nnc(CSCC[Si](C)(C)C)n1. The van der Waals surface area contributed by atoms with Gasteiger partial charge in [0.15, 0.2) is 5.82 Å². The van der Waals surface area contributed by atoms with Crippen molar-refractivity contribution in [2.45, 2.75) is 57.7 Å². The van der Waals surface area contributed by atoms with Crippen molar-refractivity contribution in [1.29, 1.82) is 0 Å². The summed E-state index contributed by atoms with van der Waals surface area (Å²) in [7, 11) is -0.903. The van der Waals surface area contributed by atoms with Gasteiger partial charge in [-0.3, -0.25) is 0 Å². The second-order valence-electron chi connectivity index (χ2n) is 6.53. The van der Waals surface area contributed by atoms with E-state index >= 15 is 0 Å². The average Bonchev–Trinajstić information content (AvgIpc) is 2.58. The summed E-state index contributed by atoms with van der Waals surface area (Å²) in [6.45, 7) is 13.5. The van der Waals surface area contributed by atoms with Crippen molar-refractivity contribution in [3.8, 4) is 0 Å². The molecule has 0 aliphatic carbocycles. The lowest BCUT2D eigenvalue weighted by atomic mass is 10.1. The predicted molar refractivity (Wildman–Crippen MR) is 77.1 cm³/mol. The van der Waals surface area contributed by atoms with Crippen LogP contribution in [-0.2, 0) is 11.3 Å². The highest BCUT2D eigenvalue weighted by atomic mass is 32.2. The maximum absolute atomic E-state index is 4.40. The molecule has 0 bridgehead atoms. The van der Waals surface area contributed by atoms with Crippen molar-refractivity contribution in [3.63, 3.8) is 0 Å². The third kappa shape index (κ3) is 5.67. The fourth-order valence-electron chi connectivity index (χ4n) is 1.13. The van der Waals surface area contributed by atoms with Gasteiger partial charge in [-0.1, -0.05) is 19.6 Å². The zero-order valence-corrected chi connectivity index (χ0v) is 13.6. The summed E-state index contributed by atoms with van der Waals surface area (Å²) in [5.41, 5.74) is -0.0752. The van der Waals surface area contributed by atoms with Crippen LogP contribution >= 0.6 is 11.8 Å². The molecule has 1 heterocycles. The van der Waals surface area contributed by atoms with E-state index in [1.807, 2.05) is 11.8 Å². The van der Waals surface area contributed by atoms with Gasteiger partial charge >= 0.3 is 0 Å². The predicted octanol–water partition coefficient (Wildman–Crippen LogP) is 3.00. The van der Waals surface area contributed by atoms with Gasteiger partial charge in [-0.25, -0.2) is 0 Å². The van der Waals surface area contributed by atoms with Crippen molar-refractivity contribution in [3.05, 3.63) is 5.82 Å². The van der Waals surface area contributed by atoms with Crippen molar-refractivity contribution >= 4 is 19.8 Å². The van der Waals surface area contributed by atoms with Crippen LogP contribution in [0.5, 0.6) is 0 Å². The monoisotopic (exact) mass is 272 g/mol. The van der Waals surface area contributed by atoms with Gasteiger partial charge in [0.25, 0.3) is 0 Å². The van der Waals surface area contributed by atoms with E-state index in [1.54, 1.807) is 4.80 Å². The minimum Gasteiger partial charge on any atom is -0.159 e. The molecule has 17 heavy (non-hydrogen) atoms. The molecule has 0 N–H and O–H groups in total. The number of rotatable bonds is 5.